The van der Waals surface area contributed by atoms with Crippen molar-refractivity contribution in [3.63, 3.8) is 0 Å². The molecule has 0 atom stereocenters. The SMILES string of the molecule is CNC(=O)c1ccc(N2Cc3ccc(F)cc3Oc3cc(OC)ccc3C2)nn1. The van der Waals surface area contributed by atoms with Crippen LogP contribution < -0.4 is 19.7 Å². The van der Waals surface area contributed by atoms with Gasteiger partial charge in [-0.05, 0) is 30.3 Å². The zero-order valence-corrected chi connectivity index (χ0v) is 16.0. The van der Waals surface area contributed by atoms with Crippen LogP contribution in [0.3, 0.4) is 0 Å². The lowest BCUT2D eigenvalue weighted by Crippen LogP contribution is -2.26. The first kappa shape index (κ1) is 18.7. The third-order valence-electron chi connectivity index (χ3n) is 4.68. The van der Waals surface area contributed by atoms with Gasteiger partial charge >= 0.3 is 0 Å². The Bertz CT molecular complexity index is 1060. The molecule has 1 aliphatic heterocycles. The number of benzene rings is 2. The molecule has 1 amide bonds. The molecular formula is C21H19FN4O3. The van der Waals surface area contributed by atoms with Crippen LogP contribution in [0, 0.1) is 5.82 Å². The number of nitrogens with one attached hydrogen (secondary N) is 1. The van der Waals surface area contributed by atoms with Gasteiger partial charge in [0.25, 0.3) is 5.91 Å². The lowest BCUT2D eigenvalue weighted by Gasteiger charge is -2.28. The van der Waals surface area contributed by atoms with Crippen molar-refractivity contribution in [3.8, 4) is 17.2 Å². The van der Waals surface area contributed by atoms with E-state index in [-0.39, 0.29) is 17.4 Å². The summed E-state index contributed by atoms with van der Waals surface area (Å²) in [5, 5.41) is 10.8. The number of hydrogen-bond donors (Lipinski definition) is 1. The average molecular weight is 394 g/mol. The van der Waals surface area contributed by atoms with E-state index in [0.717, 1.165) is 11.1 Å². The summed E-state index contributed by atoms with van der Waals surface area (Å²) in [6.45, 7) is 0.930. The van der Waals surface area contributed by atoms with Crippen LogP contribution in [0.4, 0.5) is 10.2 Å². The van der Waals surface area contributed by atoms with Crippen LogP contribution in [-0.4, -0.2) is 30.3 Å². The maximum absolute atomic E-state index is 13.8. The summed E-state index contributed by atoms with van der Waals surface area (Å²) in [5.74, 6) is 1.56. The molecule has 1 aliphatic rings. The molecule has 0 saturated carbocycles. The van der Waals surface area contributed by atoms with Gasteiger partial charge in [-0.1, -0.05) is 6.07 Å². The molecular weight excluding hydrogens is 375 g/mol. The summed E-state index contributed by atoms with van der Waals surface area (Å²) < 4.78 is 25.2. The molecule has 0 unspecified atom stereocenters. The Morgan fingerprint density at radius 2 is 1.79 bits per heavy atom. The van der Waals surface area contributed by atoms with E-state index >= 15 is 0 Å². The van der Waals surface area contributed by atoms with Crippen molar-refractivity contribution >= 4 is 11.7 Å². The van der Waals surface area contributed by atoms with Crippen molar-refractivity contribution < 1.29 is 18.7 Å². The third-order valence-corrected chi connectivity index (χ3v) is 4.68. The van der Waals surface area contributed by atoms with E-state index in [4.69, 9.17) is 9.47 Å². The first-order chi connectivity index (χ1) is 14.1. The predicted octanol–water partition coefficient (Wildman–Crippen LogP) is 3.30. The molecule has 0 saturated heterocycles. The van der Waals surface area contributed by atoms with Crippen LogP contribution in [0.2, 0.25) is 0 Å². The number of aromatic nitrogens is 2. The summed E-state index contributed by atoms with van der Waals surface area (Å²) >= 11 is 0. The van der Waals surface area contributed by atoms with Gasteiger partial charge < -0.3 is 19.7 Å². The molecule has 0 radical (unpaired) electrons. The molecule has 3 aromatic rings. The van der Waals surface area contributed by atoms with Crippen molar-refractivity contribution in [1.29, 1.82) is 0 Å². The first-order valence-electron chi connectivity index (χ1n) is 9.01. The number of fused-ring (bicyclic) bond motifs is 2. The fourth-order valence-electron chi connectivity index (χ4n) is 3.13. The van der Waals surface area contributed by atoms with Crippen LogP contribution in [0.1, 0.15) is 21.6 Å². The van der Waals surface area contributed by atoms with Gasteiger partial charge in [0.05, 0.1) is 7.11 Å². The highest BCUT2D eigenvalue weighted by atomic mass is 19.1. The minimum atomic E-state index is -0.380. The predicted molar refractivity (Wildman–Crippen MR) is 105 cm³/mol. The molecule has 0 fully saturated rings. The molecule has 1 N–H and O–H groups in total. The standard InChI is InChI=1S/C21H19FN4O3/c1-23-21(27)17-7-8-20(25-24-17)26-11-13-3-5-15(22)9-18(13)29-19-10-16(28-2)6-4-14(19)12-26/h3-10H,11-12H2,1-2H3,(H,23,27). The number of nitrogens with zero attached hydrogens (tertiary/aromatic N) is 3. The van der Waals surface area contributed by atoms with Gasteiger partial charge in [0.1, 0.15) is 23.1 Å². The van der Waals surface area contributed by atoms with Gasteiger partial charge in [0.15, 0.2) is 11.5 Å². The van der Waals surface area contributed by atoms with Crippen LogP contribution in [0.15, 0.2) is 48.5 Å². The average Bonchev–Trinajstić information content (AvgIpc) is 2.74. The molecule has 2 heterocycles. The second kappa shape index (κ2) is 7.75. The van der Waals surface area contributed by atoms with E-state index in [0.29, 0.717) is 36.2 Å². The minimum Gasteiger partial charge on any atom is -0.497 e. The monoisotopic (exact) mass is 394 g/mol. The van der Waals surface area contributed by atoms with Crippen LogP contribution in [0.25, 0.3) is 0 Å². The summed E-state index contributed by atoms with van der Waals surface area (Å²) in [6.07, 6.45) is 0. The Kier molecular flexibility index (Phi) is 4.99. The number of methoxy groups -OCH3 is 1. The Morgan fingerprint density at radius 3 is 2.45 bits per heavy atom. The lowest BCUT2D eigenvalue weighted by atomic mass is 10.1. The van der Waals surface area contributed by atoms with Crippen molar-refractivity contribution in [2.45, 2.75) is 13.1 Å². The van der Waals surface area contributed by atoms with E-state index in [9.17, 15) is 9.18 Å². The highest BCUT2D eigenvalue weighted by Crippen LogP contribution is 2.36. The first-order valence-corrected chi connectivity index (χ1v) is 9.01. The van der Waals surface area contributed by atoms with Crippen molar-refractivity contribution in [3.05, 3.63) is 71.2 Å². The molecule has 0 bridgehead atoms. The van der Waals surface area contributed by atoms with E-state index in [1.807, 2.05) is 17.0 Å². The topological polar surface area (TPSA) is 76.6 Å². The number of ether oxygens (including phenoxy) is 2. The highest BCUT2D eigenvalue weighted by molar-refractivity contribution is 5.91. The number of halogens is 1. The summed E-state index contributed by atoms with van der Waals surface area (Å²) in [7, 11) is 3.12. The lowest BCUT2D eigenvalue weighted by molar-refractivity contribution is 0.0957. The Labute approximate surface area is 167 Å². The molecule has 8 heteroatoms. The third kappa shape index (κ3) is 3.82. The number of hydrogen-bond acceptors (Lipinski definition) is 6. The van der Waals surface area contributed by atoms with Crippen LogP contribution in [0.5, 0.6) is 17.2 Å². The molecule has 4 rings (SSSR count). The van der Waals surface area contributed by atoms with Gasteiger partial charge in [-0.2, -0.15) is 0 Å². The number of carbonyl (C=O) groups is 1. The molecule has 0 aliphatic carbocycles. The fourth-order valence-corrected chi connectivity index (χ4v) is 3.13. The Morgan fingerprint density at radius 1 is 1.07 bits per heavy atom. The molecule has 1 aromatic heterocycles. The molecule has 29 heavy (non-hydrogen) atoms. The minimum absolute atomic E-state index is 0.235. The molecule has 148 valence electrons. The van der Waals surface area contributed by atoms with Crippen molar-refractivity contribution in [2.75, 3.05) is 19.1 Å². The van der Waals surface area contributed by atoms with E-state index < -0.39 is 0 Å². The van der Waals surface area contributed by atoms with E-state index in [1.165, 1.54) is 19.2 Å². The highest BCUT2D eigenvalue weighted by Gasteiger charge is 2.21. The second-order valence-electron chi connectivity index (χ2n) is 6.54. The summed E-state index contributed by atoms with van der Waals surface area (Å²) in [4.78, 5) is 13.7. The summed E-state index contributed by atoms with van der Waals surface area (Å²) in [6, 6.07) is 13.3. The zero-order valence-electron chi connectivity index (χ0n) is 16.0. The van der Waals surface area contributed by atoms with Crippen molar-refractivity contribution in [2.24, 2.45) is 0 Å². The quantitative estimate of drug-likeness (QED) is 0.735. The molecule has 0 spiro atoms. The molecule has 2 aromatic carbocycles. The van der Waals surface area contributed by atoms with Gasteiger partial charge in [-0.3, -0.25) is 4.79 Å². The normalized spacial score (nSPS) is 12.7. The maximum Gasteiger partial charge on any atom is 0.271 e. The van der Waals surface area contributed by atoms with Gasteiger partial charge in [-0.25, -0.2) is 4.39 Å². The zero-order chi connectivity index (χ0) is 20.4. The Balaban J connectivity index is 1.76. The fraction of sp³-hybridized carbons (Fsp3) is 0.190. The maximum atomic E-state index is 13.8. The second-order valence-corrected chi connectivity index (χ2v) is 6.54. The van der Waals surface area contributed by atoms with E-state index in [2.05, 4.69) is 15.5 Å². The van der Waals surface area contributed by atoms with Crippen molar-refractivity contribution in [1.82, 2.24) is 15.5 Å². The van der Waals surface area contributed by atoms with E-state index in [1.54, 1.807) is 31.4 Å². The van der Waals surface area contributed by atoms with Gasteiger partial charge in [0, 0.05) is 43.4 Å². The largest absolute Gasteiger partial charge is 0.497 e. The van der Waals surface area contributed by atoms with Crippen LogP contribution in [-0.2, 0) is 13.1 Å². The smallest absolute Gasteiger partial charge is 0.271 e. The number of amides is 1. The van der Waals surface area contributed by atoms with Gasteiger partial charge in [-0.15, -0.1) is 10.2 Å². The number of rotatable bonds is 3. The number of anilines is 1. The Hall–Kier alpha value is -3.68. The molecule has 7 nitrogen and oxygen atoms in total. The van der Waals surface area contributed by atoms with Gasteiger partial charge in [0.2, 0.25) is 0 Å². The van der Waals surface area contributed by atoms with Crippen LogP contribution >= 0.6 is 0 Å². The number of carbonyl (C=O) groups excluding carboxylic acids is 1. The summed E-state index contributed by atoms with van der Waals surface area (Å²) in [5.41, 5.74) is 1.93.